The van der Waals surface area contributed by atoms with E-state index in [1.165, 1.54) is 11.8 Å². The normalized spacial score (nSPS) is 19.7. The minimum atomic E-state index is 0.466. The van der Waals surface area contributed by atoms with Crippen molar-refractivity contribution in [2.75, 3.05) is 12.5 Å². The summed E-state index contributed by atoms with van der Waals surface area (Å²) < 4.78 is 4.81. The van der Waals surface area contributed by atoms with Crippen LogP contribution in [0.1, 0.15) is 0 Å². The highest BCUT2D eigenvalue weighted by Crippen LogP contribution is 2.19. The quantitative estimate of drug-likeness (QED) is 0.429. The molecule has 1 aliphatic rings. The van der Waals surface area contributed by atoms with Gasteiger partial charge in [0.05, 0.1) is 17.5 Å². The molecule has 0 aromatic rings. The highest BCUT2D eigenvalue weighted by atomic mass is 32.2. The molecule has 38 valence electrons. The van der Waals surface area contributed by atoms with Gasteiger partial charge in [-0.1, -0.05) is 11.8 Å². The van der Waals surface area contributed by atoms with Crippen molar-refractivity contribution in [2.45, 2.75) is 0 Å². The molecule has 0 N–H and O–H groups in total. The molecule has 0 amide bonds. The van der Waals surface area contributed by atoms with Gasteiger partial charge in [0.25, 0.3) is 0 Å². The third-order valence-corrected chi connectivity index (χ3v) is 1.50. The zero-order valence-electron chi connectivity index (χ0n) is 3.64. The van der Waals surface area contributed by atoms with Crippen LogP contribution >= 0.6 is 11.8 Å². The highest BCUT2D eigenvalue weighted by molar-refractivity contribution is 8.03. The average molecular weight is 116 g/mol. The van der Waals surface area contributed by atoms with Crippen LogP contribution in [0.15, 0.2) is 4.91 Å². The molecule has 1 rings (SSSR count). The van der Waals surface area contributed by atoms with Gasteiger partial charge in [-0.25, -0.2) is 4.79 Å². The minimum absolute atomic E-state index is 0.466. The third-order valence-electron chi connectivity index (χ3n) is 0.663. The molecule has 0 aromatic carbocycles. The fourth-order valence-electron chi connectivity index (χ4n) is 0.348. The Labute approximate surface area is 45.5 Å². The van der Waals surface area contributed by atoms with Crippen LogP contribution in [-0.2, 0) is 9.53 Å². The first-order chi connectivity index (χ1) is 3.43. The standard InChI is InChI=1S/C4H4O2S/c5-1-4-2-6-3-7-4/h2-3H2. The van der Waals surface area contributed by atoms with Crippen molar-refractivity contribution in [3.05, 3.63) is 4.91 Å². The maximum atomic E-state index is 9.74. The van der Waals surface area contributed by atoms with E-state index in [9.17, 15) is 4.79 Å². The van der Waals surface area contributed by atoms with E-state index in [4.69, 9.17) is 4.74 Å². The lowest BCUT2D eigenvalue weighted by atomic mass is 10.7. The van der Waals surface area contributed by atoms with Crippen LogP contribution < -0.4 is 0 Å². The number of thioether (sulfide) groups is 1. The first-order valence-corrected chi connectivity index (χ1v) is 2.86. The zero-order valence-corrected chi connectivity index (χ0v) is 4.46. The van der Waals surface area contributed by atoms with E-state index in [0.29, 0.717) is 17.5 Å². The SMILES string of the molecule is O=C=C1COCS1. The van der Waals surface area contributed by atoms with Crippen LogP contribution in [0, 0.1) is 0 Å². The molecule has 1 heterocycles. The number of ether oxygens (including phenoxy) is 1. The molecule has 1 aliphatic heterocycles. The molecule has 3 heteroatoms. The Morgan fingerprint density at radius 1 is 1.86 bits per heavy atom. The van der Waals surface area contributed by atoms with Gasteiger partial charge in [-0.2, -0.15) is 0 Å². The topological polar surface area (TPSA) is 26.3 Å². The van der Waals surface area contributed by atoms with E-state index in [1.807, 2.05) is 0 Å². The van der Waals surface area contributed by atoms with Gasteiger partial charge in [0.1, 0.15) is 5.94 Å². The first kappa shape index (κ1) is 4.91. The van der Waals surface area contributed by atoms with Crippen LogP contribution in [-0.4, -0.2) is 18.5 Å². The van der Waals surface area contributed by atoms with E-state index in [1.54, 1.807) is 5.94 Å². The second-order valence-corrected chi connectivity index (χ2v) is 2.15. The third kappa shape index (κ3) is 1.06. The zero-order chi connectivity index (χ0) is 5.11. The van der Waals surface area contributed by atoms with Crippen LogP contribution in [0.4, 0.5) is 0 Å². The summed E-state index contributed by atoms with van der Waals surface area (Å²) in [7, 11) is 0. The Hall–Kier alpha value is -0.240. The van der Waals surface area contributed by atoms with Gasteiger partial charge < -0.3 is 4.74 Å². The summed E-state index contributed by atoms with van der Waals surface area (Å²) in [5.74, 6) is 2.38. The van der Waals surface area contributed by atoms with Crippen molar-refractivity contribution in [2.24, 2.45) is 0 Å². The van der Waals surface area contributed by atoms with Crippen LogP contribution in [0.25, 0.3) is 0 Å². The number of carbonyl (C=O) groups excluding carboxylic acids is 1. The van der Waals surface area contributed by atoms with Crippen molar-refractivity contribution < 1.29 is 9.53 Å². The summed E-state index contributed by atoms with van der Waals surface area (Å²) >= 11 is 1.41. The second-order valence-electron chi connectivity index (χ2n) is 1.14. The fourth-order valence-corrected chi connectivity index (χ4v) is 0.882. The molecule has 0 aromatic heterocycles. The lowest BCUT2D eigenvalue weighted by Crippen LogP contribution is -1.79. The maximum absolute atomic E-state index is 9.74. The smallest absolute Gasteiger partial charge is 0.137 e. The molecule has 0 unspecified atom stereocenters. The monoisotopic (exact) mass is 116 g/mol. The lowest BCUT2D eigenvalue weighted by molar-refractivity contribution is 0.227. The Kier molecular flexibility index (Phi) is 1.52. The van der Waals surface area contributed by atoms with Crippen molar-refractivity contribution in [1.82, 2.24) is 0 Å². The number of rotatable bonds is 0. The number of hydrogen-bond acceptors (Lipinski definition) is 3. The van der Waals surface area contributed by atoms with Gasteiger partial charge >= 0.3 is 0 Å². The molecule has 0 bridgehead atoms. The molecule has 0 aliphatic carbocycles. The fraction of sp³-hybridized carbons (Fsp3) is 0.500. The molecule has 2 nitrogen and oxygen atoms in total. The second kappa shape index (κ2) is 2.17. The molecule has 0 atom stereocenters. The van der Waals surface area contributed by atoms with Gasteiger partial charge in [0.15, 0.2) is 0 Å². The van der Waals surface area contributed by atoms with Gasteiger partial charge in [0.2, 0.25) is 0 Å². The van der Waals surface area contributed by atoms with E-state index >= 15 is 0 Å². The number of hydrogen-bond donors (Lipinski definition) is 0. The molecular formula is C4H4O2S. The summed E-state index contributed by atoms with van der Waals surface area (Å²) in [5, 5.41) is 0. The van der Waals surface area contributed by atoms with E-state index in [2.05, 4.69) is 0 Å². The van der Waals surface area contributed by atoms with E-state index in [-0.39, 0.29) is 0 Å². The predicted octanol–water partition coefficient (Wildman–Crippen LogP) is 0.423. The molecule has 7 heavy (non-hydrogen) atoms. The van der Waals surface area contributed by atoms with Gasteiger partial charge in [-0.3, -0.25) is 0 Å². The van der Waals surface area contributed by atoms with Crippen molar-refractivity contribution in [3.63, 3.8) is 0 Å². The Morgan fingerprint density at radius 2 is 2.71 bits per heavy atom. The molecule has 0 saturated carbocycles. The van der Waals surface area contributed by atoms with Crippen molar-refractivity contribution in [1.29, 1.82) is 0 Å². The summed E-state index contributed by atoms with van der Waals surface area (Å²) in [6.45, 7) is 0.466. The minimum Gasteiger partial charge on any atom is -0.364 e. The molecule has 1 saturated heterocycles. The lowest BCUT2D eigenvalue weighted by Gasteiger charge is -1.75. The van der Waals surface area contributed by atoms with Crippen LogP contribution in [0.3, 0.4) is 0 Å². The van der Waals surface area contributed by atoms with Gasteiger partial charge in [-0.05, 0) is 0 Å². The van der Waals surface area contributed by atoms with Crippen LogP contribution in [0.5, 0.6) is 0 Å². The summed E-state index contributed by atoms with van der Waals surface area (Å²) in [6, 6.07) is 0. The molecule has 1 fully saturated rings. The van der Waals surface area contributed by atoms with Crippen molar-refractivity contribution in [3.8, 4) is 0 Å². The summed E-state index contributed by atoms with van der Waals surface area (Å²) in [4.78, 5) is 10.4. The average Bonchev–Trinajstić information content (AvgIpc) is 2.14. The molecular weight excluding hydrogens is 112 g/mol. The molecule has 0 radical (unpaired) electrons. The Balaban J connectivity index is 2.57. The highest BCUT2D eigenvalue weighted by Gasteiger charge is 2.06. The molecule has 0 spiro atoms. The first-order valence-electron chi connectivity index (χ1n) is 1.88. The van der Waals surface area contributed by atoms with Crippen LogP contribution in [0.2, 0.25) is 0 Å². The van der Waals surface area contributed by atoms with E-state index in [0.717, 1.165) is 0 Å². The predicted molar refractivity (Wildman–Crippen MR) is 27.6 cm³/mol. The Bertz CT molecular complexity index is 107. The Morgan fingerprint density at radius 3 is 3.00 bits per heavy atom. The van der Waals surface area contributed by atoms with Gasteiger partial charge in [0, 0.05) is 0 Å². The largest absolute Gasteiger partial charge is 0.364 e. The van der Waals surface area contributed by atoms with Gasteiger partial charge in [-0.15, -0.1) is 0 Å². The maximum Gasteiger partial charge on any atom is 0.137 e. The van der Waals surface area contributed by atoms with E-state index < -0.39 is 0 Å². The summed E-state index contributed by atoms with van der Waals surface area (Å²) in [6.07, 6.45) is 0. The van der Waals surface area contributed by atoms with Crippen molar-refractivity contribution >= 4 is 17.7 Å². The summed E-state index contributed by atoms with van der Waals surface area (Å²) in [5.41, 5.74) is 0.